The number of primary amides is 1. The molecule has 0 spiro atoms. The minimum absolute atomic E-state index is 0.163. The Hall–Kier alpha value is -2.54. The van der Waals surface area contributed by atoms with Crippen molar-refractivity contribution in [2.45, 2.75) is 11.3 Å². The second-order valence-corrected chi connectivity index (χ2v) is 5.78. The average molecular weight is 333 g/mol. The number of urea groups is 1. The van der Waals surface area contributed by atoms with Crippen LogP contribution in [0.3, 0.4) is 0 Å². The molecule has 0 aliphatic carbocycles. The van der Waals surface area contributed by atoms with E-state index in [0.717, 1.165) is 0 Å². The summed E-state index contributed by atoms with van der Waals surface area (Å²) in [6.07, 6.45) is 0.264. The van der Waals surface area contributed by atoms with Crippen LogP contribution in [0, 0.1) is 5.82 Å². The van der Waals surface area contributed by atoms with E-state index in [4.69, 9.17) is 5.73 Å². The van der Waals surface area contributed by atoms with E-state index in [1.165, 1.54) is 17.8 Å². The van der Waals surface area contributed by atoms with Gasteiger partial charge in [-0.05, 0) is 36.4 Å². The van der Waals surface area contributed by atoms with Crippen LogP contribution in [0.15, 0.2) is 53.4 Å². The molecule has 0 aliphatic heterocycles. The number of benzene rings is 2. The number of rotatable bonds is 6. The van der Waals surface area contributed by atoms with Gasteiger partial charge in [-0.3, -0.25) is 4.79 Å². The standard InChI is InChI=1S/C16H16FN3O2S/c17-13-3-1-2-4-14(13)23-10-9-15(21)19-11-5-7-12(8-6-11)20-16(18)22/h1-8H,9-10H2,(H,19,21)(H3,18,20,22). The normalized spacial score (nSPS) is 10.1. The third kappa shape index (κ3) is 5.63. The topological polar surface area (TPSA) is 84.2 Å². The molecule has 2 aromatic carbocycles. The minimum atomic E-state index is -0.646. The lowest BCUT2D eigenvalue weighted by atomic mass is 10.2. The smallest absolute Gasteiger partial charge is 0.316 e. The average Bonchev–Trinajstić information content (AvgIpc) is 2.51. The largest absolute Gasteiger partial charge is 0.351 e. The highest BCUT2D eigenvalue weighted by molar-refractivity contribution is 7.99. The van der Waals surface area contributed by atoms with Gasteiger partial charge in [-0.1, -0.05) is 12.1 Å². The number of hydrogen-bond donors (Lipinski definition) is 3. The summed E-state index contributed by atoms with van der Waals surface area (Å²) in [6.45, 7) is 0. The summed E-state index contributed by atoms with van der Waals surface area (Å²) in [5, 5.41) is 5.16. The minimum Gasteiger partial charge on any atom is -0.351 e. The van der Waals surface area contributed by atoms with Gasteiger partial charge in [0.05, 0.1) is 0 Å². The first kappa shape index (κ1) is 16.8. The first-order valence-corrected chi connectivity index (χ1v) is 7.87. The summed E-state index contributed by atoms with van der Waals surface area (Å²) in [5.74, 6) is 0.0357. The van der Waals surface area contributed by atoms with Gasteiger partial charge in [0.15, 0.2) is 0 Å². The number of amides is 3. The molecule has 23 heavy (non-hydrogen) atoms. The monoisotopic (exact) mass is 333 g/mol. The molecule has 7 heteroatoms. The van der Waals surface area contributed by atoms with Crippen LogP contribution in [0.1, 0.15) is 6.42 Å². The van der Waals surface area contributed by atoms with Crippen molar-refractivity contribution in [3.05, 3.63) is 54.3 Å². The molecule has 120 valence electrons. The van der Waals surface area contributed by atoms with Gasteiger partial charge < -0.3 is 16.4 Å². The number of carbonyl (C=O) groups excluding carboxylic acids is 2. The highest BCUT2D eigenvalue weighted by atomic mass is 32.2. The van der Waals surface area contributed by atoms with Crippen LogP contribution < -0.4 is 16.4 Å². The fourth-order valence-corrected chi connectivity index (χ4v) is 2.71. The molecule has 0 radical (unpaired) electrons. The highest BCUT2D eigenvalue weighted by Gasteiger charge is 2.06. The summed E-state index contributed by atoms with van der Waals surface area (Å²) in [6, 6.07) is 12.4. The molecule has 3 amide bonds. The Morgan fingerprint density at radius 2 is 1.61 bits per heavy atom. The third-order valence-electron chi connectivity index (χ3n) is 2.86. The van der Waals surface area contributed by atoms with Crippen molar-refractivity contribution in [3.8, 4) is 0 Å². The lowest BCUT2D eigenvalue weighted by Crippen LogP contribution is -2.19. The number of carbonyl (C=O) groups is 2. The van der Waals surface area contributed by atoms with Gasteiger partial charge in [0, 0.05) is 28.4 Å². The lowest BCUT2D eigenvalue weighted by Gasteiger charge is -2.07. The first-order valence-electron chi connectivity index (χ1n) is 6.88. The first-order chi connectivity index (χ1) is 11.0. The van der Waals surface area contributed by atoms with Crippen LogP contribution in [-0.2, 0) is 4.79 Å². The van der Waals surface area contributed by atoms with Crippen molar-refractivity contribution < 1.29 is 14.0 Å². The Morgan fingerprint density at radius 3 is 2.22 bits per heavy atom. The molecule has 0 aliphatic rings. The number of halogens is 1. The molecule has 0 heterocycles. The van der Waals surface area contributed by atoms with Crippen LogP contribution in [0.2, 0.25) is 0 Å². The highest BCUT2D eigenvalue weighted by Crippen LogP contribution is 2.22. The molecule has 5 nitrogen and oxygen atoms in total. The van der Waals surface area contributed by atoms with Gasteiger partial charge in [0.1, 0.15) is 5.82 Å². The molecule has 0 fully saturated rings. The zero-order valence-electron chi connectivity index (χ0n) is 12.2. The molecule has 0 saturated carbocycles. The van der Waals surface area contributed by atoms with Crippen LogP contribution in [0.5, 0.6) is 0 Å². The molecule has 0 saturated heterocycles. The van der Waals surface area contributed by atoms with E-state index in [9.17, 15) is 14.0 Å². The fraction of sp³-hybridized carbons (Fsp3) is 0.125. The molecule has 0 atom stereocenters. The van der Waals surface area contributed by atoms with Crippen LogP contribution in [0.4, 0.5) is 20.6 Å². The molecular formula is C16H16FN3O2S. The van der Waals surface area contributed by atoms with E-state index in [0.29, 0.717) is 22.0 Å². The van der Waals surface area contributed by atoms with Gasteiger partial charge in [-0.2, -0.15) is 0 Å². The van der Waals surface area contributed by atoms with E-state index in [2.05, 4.69) is 10.6 Å². The Labute approximate surface area is 137 Å². The summed E-state index contributed by atoms with van der Waals surface area (Å²) < 4.78 is 13.4. The van der Waals surface area contributed by atoms with E-state index in [1.54, 1.807) is 42.5 Å². The SMILES string of the molecule is NC(=O)Nc1ccc(NC(=O)CCSc2ccccc2F)cc1. The van der Waals surface area contributed by atoms with Gasteiger partial charge >= 0.3 is 6.03 Å². The van der Waals surface area contributed by atoms with Crippen molar-refractivity contribution in [1.82, 2.24) is 0 Å². The Kier molecular flexibility index (Phi) is 5.99. The van der Waals surface area contributed by atoms with Crippen molar-refractivity contribution in [2.24, 2.45) is 5.73 Å². The van der Waals surface area contributed by atoms with Crippen molar-refractivity contribution in [3.63, 3.8) is 0 Å². The molecule has 0 aromatic heterocycles. The molecular weight excluding hydrogens is 317 g/mol. The van der Waals surface area contributed by atoms with E-state index >= 15 is 0 Å². The number of nitrogens with one attached hydrogen (secondary N) is 2. The molecule has 0 bridgehead atoms. The van der Waals surface area contributed by atoms with Gasteiger partial charge in [0.2, 0.25) is 5.91 Å². The van der Waals surface area contributed by atoms with Crippen molar-refractivity contribution in [1.29, 1.82) is 0 Å². The van der Waals surface area contributed by atoms with Crippen LogP contribution in [-0.4, -0.2) is 17.7 Å². The van der Waals surface area contributed by atoms with Crippen molar-refractivity contribution in [2.75, 3.05) is 16.4 Å². The second kappa shape index (κ2) is 8.19. The van der Waals surface area contributed by atoms with E-state index in [-0.39, 0.29) is 18.1 Å². The number of thioether (sulfide) groups is 1. The zero-order chi connectivity index (χ0) is 16.7. The van der Waals surface area contributed by atoms with E-state index < -0.39 is 6.03 Å². The Balaban J connectivity index is 1.78. The summed E-state index contributed by atoms with van der Waals surface area (Å²) in [7, 11) is 0. The van der Waals surface area contributed by atoms with Crippen LogP contribution in [0.25, 0.3) is 0 Å². The fourth-order valence-electron chi connectivity index (χ4n) is 1.82. The molecule has 4 N–H and O–H groups in total. The summed E-state index contributed by atoms with van der Waals surface area (Å²) in [4.78, 5) is 23.1. The zero-order valence-corrected chi connectivity index (χ0v) is 13.0. The van der Waals surface area contributed by atoms with Gasteiger partial charge in [-0.15, -0.1) is 11.8 Å². The maximum atomic E-state index is 13.4. The molecule has 2 rings (SSSR count). The van der Waals surface area contributed by atoms with Gasteiger partial charge in [0.25, 0.3) is 0 Å². The molecule has 0 unspecified atom stereocenters. The number of hydrogen-bond acceptors (Lipinski definition) is 3. The van der Waals surface area contributed by atoms with Crippen molar-refractivity contribution >= 4 is 35.1 Å². The third-order valence-corrected chi connectivity index (χ3v) is 3.91. The Morgan fingerprint density at radius 1 is 1.00 bits per heavy atom. The van der Waals surface area contributed by atoms with E-state index in [1.807, 2.05) is 0 Å². The maximum Gasteiger partial charge on any atom is 0.316 e. The number of nitrogens with two attached hydrogens (primary N) is 1. The maximum absolute atomic E-state index is 13.4. The van der Waals surface area contributed by atoms with Gasteiger partial charge in [-0.25, -0.2) is 9.18 Å². The quantitative estimate of drug-likeness (QED) is 0.708. The molecule has 2 aromatic rings. The lowest BCUT2D eigenvalue weighted by molar-refractivity contribution is -0.115. The van der Waals surface area contributed by atoms with Crippen LogP contribution >= 0.6 is 11.8 Å². The summed E-state index contributed by atoms with van der Waals surface area (Å²) in [5.41, 5.74) is 6.17. The number of anilines is 2. The predicted octanol–water partition coefficient (Wildman–Crippen LogP) is 3.44. The summed E-state index contributed by atoms with van der Waals surface area (Å²) >= 11 is 1.30. The Bertz CT molecular complexity index is 692. The predicted molar refractivity (Wildman–Crippen MR) is 90.0 cm³/mol. The second-order valence-electron chi connectivity index (χ2n) is 4.64.